The molecular formula is C36H41FO17. The van der Waals surface area contributed by atoms with Crippen molar-refractivity contribution in [2.24, 2.45) is 0 Å². The van der Waals surface area contributed by atoms with Crippen LogP contribution in [0.2, 0.25) is 0 Å². The monoisotopic (exact) mass is 764 g/mol. The summed E-state index contributed by atoms with van der Waals surface area (Å²) in [6.07, 6.45) is -16.6. The fraction of sp³-hybridized carbons (Fsp3) is 0.500. The van der Waals surface area contributed by atoms with Gasteiger partial charge in [-0.25, -0.2) is 4.39 Å². The molecule has 0 bridgehead atoms. The minimum absolute atomic E-state index is 0.133. The van der Waals surface area contributed by atoms with Crippen LogP contribution in [0.1, 0.15) is 59.6 Å². The van der Waals surface area contributed by atoms with Gasteiger partial charge in [0, 0.05) is 41.0 Å². The lowest BCUT2D eigenvalue weighted by molar-refractivity contribution is -0.357. The number of ether oxygens (including phenoxy) is 10. The molecule has 1 N–H and O–H groups in total. The van der Waals surface area contributed by atoms with E-state index in [4.69, 9.17) is 47.4 Å². The summed E-state index contributed by atoms with van der Waals surface area (Å²) in [5, 5.41) is 12.0. The van der Waals surface area contributed by atoms with Gasteiger partial charge >= 0.3 is 35.8 Å². The number of carbonyl (C=O) groups excluding carboxylic acids is 6. The van der Waals surface area contributed by atoms with E-state index in [9.17, 15) is 38.3 Å². The summed E-state index contributed by atoms with van der Waals surface area (Å²) in [5.41, 5.74) is 0.246. The third-order valence-corrected chi connectivity index (χ3v) is 7.83. The average molecular weight is 765 g/mol. The van der Waals surface area contributed by atoms with Crippen molar-refractivity contribution >= 4 is 35.8 Å². The Morgan fingerprint density at radius 2 is 1.24 bits per heavy atom. The Bertz CT molecular complexity index is 1660. The predicted octanol–water partition coefficient (Wildman–Crippen LogP) is 2.73. The molecule has 2 aromatic carbocycles. The number of esters is 6. The number of halogens is 1. The first-order chi connectivity index (χ1) is 25.6. The molecule has 18 heteroatoms. The van der Waals surface area contributed by atoms with Crippen molar-refractivity contribution in [1.29, 1.82) is 0 Å². The molecule has 0 radical (unpaired) electrons. The molecule has 294 valence electrons. The Balaban J connectivity index is 1.80. The summed E-state index contributed by atoms with van der Waals surface area (Å²) in [4.78, 5) is 73.8. The second-order valence-electron chi connectivity index (χ2n) is 12.1. The molecule has 0 aromatic heterocycles. The highest BCUT2D eigenvalue weighted by molar-refractivity contribution is 5.70. The summed E-state index contributed by atoms with van der Waals surface area (Å²) in [6.45, 7) is 6.17. The zero-order valence-corrected chi connectivity index (χ0v) is 30.2. The average Bonchev–Trinajstić information content (AvgIpc) is 3.09. The van der Waals surface area contributed by atoms with E-state index in [0.29, 0.717) is 0 Å². The topological polar surface area (TPSA) is 215 Å². The van der Waals surface area contributed by atoms with E-state index in [1.165, 1.54) is 37.3 Å². The maximum Gasteiger partial charge on any atom is 0.307 e. The first kappa shape index (κ1) is 41.6. The van der Waals surface area contributed by atoms with E-state index in [1.54, 1.807) is 18.2 Å². The molecule has 2 aliphatic rings. The lowest BCUT2D eigenvalue weighted by Crippen LogP contribution is -2.65. The van der Waals surface area contributed by atoms with E-state index in [-0.39, 0.29) is 23.5 Å². The summed E-state index contributed by atoms with van der Waals surface area (Å²) in [5.74, 6) is -5.10. The van der Waals surface area contributed by atoms with E-state index in [1.807, 2.05) is 0 Å². The summed E-state index contributed by atoms with van der Waals surface area (Å²) in [7, 11) is 0. The van der Waals surface area contributed by atoms with Crippen LogP contribution in [-0.4, -0.2) is 103 Å². The van der Waals surface area contributed by atoms with Gasteiger partial charge in [0.2, 0.25) is 6.29 Å². The summed E-state index contributed by atoms with van der Waals surface area (Å²) in [6, 6.07) is 11.4. The number of rotatable bonds is 13. The van der Waals surface area contributed by atoms with Crippen LogP contribution in [0.25, 0.3) is 0 Å². The largest absolute Gasteiger partial charge is 0.463 e. The first-order valence-corrected chi connectivity index (χ1v) is 16.8. The SMILES string of the molecule is CCC(=O)O[C@H]1O[C@H](c2cccc(Oc3ccc(F)cc3)c2)[C@@H](O)[C@@H](O[C@H]2O[C@H](COC(C)=O)[C@@H](OC(C)=O)[C@H](OC(C)=O)[C@@H]2OC(C)=O)[C@H]1OC(C)=O. The molecule has 0 saturated carbocycles. The highest BCUT2D eigenvalue weighted by Gasteiger charge is 2.57. The molecule has 2 aliphatic heterocycles. The highest BCUT2D eigenvalue weighted by Crippen LogP contribution is 2.40. The van der Waals surface area contributed by atoms with Crippen LogP contribution < -0.4 is 4.74 Å². The maximum absolute atomic E-state index is 13.5. The van der Waals surface area contributed by atoms with Crippen LogP contribution in [0.5, 0.6) is 11.5 Å². The fourth-order valence-corrected chi connectivity index (χ4v) is 5.73. The van der Waals surface area contributed by atoms with Crippen LogP contribution in [0, 0.1) is 5.82 Å². The van der Waals surface area contributed by atoms with E-state index >= 15 is 0 Å². The smallest absolute Gasteiger partial charge is 0.307 e. The molecule has 0 aliphatic carbocycles. The molecule has 2 aromatic rings. The minimum Gasteiger partial charge on any atom is -0.463 e. The maximum atomic E-state index is 13.5. The Morgan fingerprint density at radius 1 is 0.667 bits per heavy atom. The van der Waals surface area contributed by atoms with Crippen molar-refractivity contribution in [3.05, 3.63) is 59.9 Å². The van der Waals surface area contributed by atoms with E-state index < -0.39 is 110 Å². The molecule has 0 unspecified atom stereocenters. The lowest BCUT2D eigenvalue weighted by atomic mass is 9.92. The molecule has 17 nitrogen and oxygen atoms in total. The molecular weight excluding hydrogens is 723 g/mol. The fourth-order valence-electron chi connectivity index (χ4n) is 5.73. The van der Waals surface area contributed by atoms with Gasteiger partial charge in [-0.3, -0.25) is 28.8 Å². The molecule has 0 amide bonds. The van der Waals surface area contributed by atoms with Gasteiger partial charge in [-0.15, -0.1) is 0 Å². The zero-order chi connectivity index (χ0) is 39.7. The second-order valence-corrected chi connectivity index (χ2v) is 12.1. The van der Waals surface area contributed by atoms with Crippen molar-refractivity contribution in [3.63, 3.8) is 0 Å². The van der Waals surface area contributed by atoms with Crippen molar-refractivity contribution < 1.29 is 85.6 Å². The van der Waals surface area contributed by atoms with Gasteiger partial charge in [-0.1, -0.05) is 19.1 Å². The van der Waals surface area contributed by atoms with Crippen molar-refractivity contribution in [2.45, 2.75) is 109 Å². The third-order valence-electron chi connectivity index (χ3n) is 7.83. The minimum atomic E-state index is -1.84. The number of hydrogen-bond acceptors (Lipinski definition) is 17. The van der Waals surface area contributed by atoms with Crippen molar-refractivity contribution in [1.82, 2.24) is 0 Å². The number of carbonyl (C=O) groups is 6. The van der Waals surface area contributed by atoms with Gasteiger partial charge < -0.3 is 52.5 Å². The molecule has 10 atom stereocenters. The van der Waals surface area contributed by atoms with Crippen LogP contribution >= 0.6 is 0 Å². The normalized spacial score (nSPS) is 27.8. The molecule has 2 saturated heterocycles. The van der Waals surface area contributed by atoms with Gasteiger partial charge in [0.15, 0.2) is 30.7 Å². The Kier molecular flexibility index (Phi) is 14.4. The van der Waals surface area contributed by atoms with E-state index in [2.05, 4.69) is 0 Å². The summed E-state index contributed by atoms with van der Waals surface area (Å²) >= 11 is 0. The van der Waals surface area contributed by atoms with Gasteiger partial charge in [0.1, 0.15) is 48.3 Å². The van der Waals surface area contributed by atoms with Crippen LogP contribution in [0.15, 0.2) is 48.5 Å². The van der Waals surface area contributed by atoms with Crippen molar-refractivity contribution in [3.8, 4) is 11.5 Å². The van der Waals surface area contributed by atoms with Gasteiger partial charge in [0.05, 0.1) is 0 Å². The van der Waals surface area contributed by atoms with Crippen molar-refractivity contribution in [2.75, 3.05) is 6.61 Å². The Morgan fingerprint density at radius 3 is 1.81 bits per heavy atom. The number of hydrogen-bond donors (Lipinski definition) is 1. The number of aliphatic hydroxyl groups excluding tert-OH is 1. The third kappa shape index (κ3) is 11.2. The molecule has 4 rings (SSSR count). The Hall–Kier alpha value is -5.17. The number of aliphatic hydroxyl groups is 1. The van der Waals surface area contributed by atoms with E-state index in [0.717, 1.165) is 34.6 Å². The molecule has 2 heterocycles. The quantitative estimate of drug-likeness (QED) is 0.229. The van der Waals surface area contributed by atoms with Gasteiger partial charge in [-0.05, 0) is 42.0 Å². The Labute approximate surface area is 308 Å². The standard InChI is InChI=1S/C36H41FO17/c1-7-27(43)52-36-33(48-20(5)41)31(28(44)29(53-36)22-9-8-10-25(15-22)50-24-13-11-23(37)12-14-24)54-35-34(49-21(6)42)32(47-19(4)40)30(46-18(3)39)26(51-35)16-45-17(2)38/h8-15,26,28-36,44H,7,16H2,1-6H3/t26-,28-,29-,30-,31-,32+,33-,34+,35-,36+/m1/s1. The highest BCUT2D eigenvalue weighted by atomic mass is 19.1. The molecule has 54 heavy (non-hydrogen) atoms. The first-order valence-electron chi connectivity index (χ1n) is 16.8. The molecule has 2 fully saturated rings. The van der Waals surface area contributed by atoms with Gasteiger partial charge in [0.25, 0.3) is 0 Å². The second kappa shape index (κ2) is 18.7. The van der Waals surface area contributed by atoms with Crippen LogP contribution in [0.4, 0.5) is 4.39 Å². The van der Waals surface area contributed by atoms with Crippen LogP contribution in [-0.2, 0) is 71.4 Å². The number of benzene rings is 2. The predicted molar refractivity (Wildman–Crippen MR) is 175 cm³/mol. The van der Waals surface area contributed by atoms with Crippen LogP contribution in [0.3, 0.4) is 0 Å². The molecule has 0 spiro atoms. The van der Waals surface area contributed by atoms with Gasteiger partial charge in [-0.2, -0.15) is 0 Å². The lowest BCUT2D eigenvalue weighted by Gasteiger charge is -2.48. The zero-order valence-electron chi connectivity index (χ0n) is 30.2. The summed E-state index contributed by atoms with van der Waals surface area (Å²) < 4.78 is 70.2.